The molecule has 2 fully saturated rings. The van der Waals surface area contributed by atoms with E-state index in [0.29, 0.717) is 5.91 Å². The number of piperazine rings is 1. The van der Waals surface area contributed by atoms with Crippen LogP contribution in [-0.2, 0) is 11.3 Å². The Hall–Kier alpha value is -2.47. The number of hydrogen-bond donors (Lipinski definition) is 0. The molecule has 1 amide bonds. The van der Waals surface area contributed by atoms with Crippen LogP contribution in [0.25, 0.3) is 0 Å². The second kappa shape index (κ2) is 8.69. The molecule has 6 heteroatoms. The van der Waals surface area contributed by atoms with Crippen LogP contribution >= 0.6 is 0 Å². The van der Waals surface area contributed by atoms with Crippen molar-refractivity contribution in [1.82, 2.24) is 19.8 Å². The van der Waals surface area contributed by atoms with Crippen LogP contribution < -0.4 is 4.90 Å². The van der Waals surface area contributed by atoms with Crippen LogP contribution in [0.5, 0.6) is 0 Å². The van der Waals surface area contributed by atoms with Crippen molar-refractivity contribution in [3.05, 3.63) is 54.0 Å². The minimum absolute atomic E-state index is 0.0836. The molecule has 28 heavy (non-hydrogen) atoms. The number of carbonyl (C=O) groups excluding carboxylic acids is 1. The zero-order valence-electron chi connectivity index (χ0n) is 16.6. The molecule has 0 spiro atoms. The zero-order chi connectivity index (χ0) is 19.3. The molecule has 1 atom stereocenters. The number of aryl methyl sites for hydroxylation is 1. The summed E-state index contributed by atoms with van der Waals surface area (Å²) in [5, 5.41) is 0. The Labute approximate surface area is 167 Å². The molecule has 148 valence electrons. The Balaban J connectivity index is 1.30. The zero-order valence-corrected chi connectivity index (χ0v) is 16.6. The second-order valence-corrected chi connectivity index (χ2v) is 7.84. The van der Waals surface area contributed by atoms with Crippen molar-refractivity contribution in [2.45, 2.75) is 26.3 Å². The summed E-state index contributed by atoms with van der Waals surface area (Å²) in [6.07, 6.45) is 5.71. The third-order valence-corrected chi connectivity index (χ3v) is 5.92. The molecular weight excluding hydrogens is 350 g/mol. The van der Waals surface area contributed by atoms with Crippen LogP contribution in [0.15, 0.2) is 42.7 Å². The van der Waals surface area contributed by atoms with E-state index in [9.17, 15) is 4.79 Å². The molecule has 2 aromatic heterocycles. The molecule has 2 saturated heterocycles. The molecule has 6 nitrogen and oxygen atoms in total. The topological polar surface area (TPSA) is 52.6 Å². The lowest BCUT2D eigenvalue weighted by atomic mass is 9.96. The van der Waals surface area contributed by atoms with Crippen molar-refractivity contribution < 1.29 is 4.79 Å². The molecule has 0 aliphatic carbocycles. The van der Waals surface area contributed by atoms with Gasteiger partial charge in [-0.2, -0.15) is 0 Å². The monoisotopic (exact) mass is 379 g/mol. The molecule has 4 rings (SSSR count). The largest absolute Gasteiger partial charge is 0.356 e. The molecule has 0 bridgehead atoms. The lowest BCUT2D eigenvalue weighted by Crippen LogP contribution is -2.52. The summed E-state index contributed by atoms with van der Waals surface area (Å²) in [4.78, 5) is 28.8. The predicted molar refractivity (Wildman–Crippen MR) is 110 cm³/mol. The van der Waals surface area contributed by atoms with E-state index in [4.69, 9.17) is 0 Å². The maximum Gasteiger partial charge on any atom is 0.227 e. The van der Waals surface area contributed by atoms with Gasteiger partial charge in [0, 0.05) is 58.2 Å². The molecule has 4 heterocycles. The second-order valence-electron chi connectivity index (χ2n) is 7.84. The lowest BCUT2D eigenvalue weighted by Gasteiger charge is -2.39. The highest BCUT2D eigenvalue weighted by atomic mass is 16.2. The minimum Gasteiger partial charge on any atom is -0.356 e. The highest BCUT2D eigenvalue weighted by Gasteiger charge is 2.31. The molecule has 0 unspecified atom stereocenters. The number of pyridine rings is 2. The number of carbonyl (C=O) groups is 1. The maximum atomic E-state index is 13.1. The summed E-state index contributed by atoms with van der Waals surface area (Å²) in [5.41, 5.74) is 2.37. The van der Waals surface area contributed by atoms with Crippen LogP contribution in [0.2, 0.25) is 0 Å². The van der Waals surface area contributed by atoms with Gasteiger partial charge >= 0.3 is 0 Å². The fraction of sp³-hybridized carbons (Fsp3) is 0.500. The van der Waals surface area contributed by atoms with Gasteiger partial charge in [0.1, 0.15) is 5.82 Å². The highest BCUT2D eigenvalue weighted by molar-refractivity contribution is 5.80. The third-order valence-electron chi connectivity index (χ3n) is 5.92. The van der Waals surface area contributed by atoms with Gasteiger partial charge < -0.3 is 9.80 Å². The number of anilines is 1. The molecule has 0 aromatic carbocycles. The molecule has 0 N–H and O–H groups in total. The van der Waals surface area contributed by atoms with E-state index < -0.39 is 0 Å². The standard InChI is InChI=1S/C22H29N5O/c1-18-6-4-10-23-20(18)17-25-12-14-26(15-13-25)22(28)19-7-5-11-27(16-19)21-8-2-3-9-24-21/h2-4,6,8-10,19H,5,7,11-17H2,1H3/t19-/m1/s1. The molecule has 2 aromatic rings. The van der Waals surface area contributed by atoms with E-state index in [1.807, 2.05) is 36.7 Å². The van der Waals surface area contributed by atoms with Crippen LogP contribution in [0, 0.1) is 12.8 Å². The Bertz CT molecular complexity index is 789. The van der Waals surface area contributed by atoms with E-state index in [1.165, 1.54) is 5.56 Å². The van der Waals surface area contributed by atoms with Crippen molar-refractivity contribution in [2.24, 2.45) is 5.92 Å². The van der Waals surface area contributed by atoms with Crippen LogP contribution in [0.1, 0.15) is 24.1 Å². The van der Waals surface area contributed by atoms with Crippen molar-refractivity contribution in [3.8, 4) is 0 Å². The lowest BCUT2D eigenvalue weighted by molar-refractivity contribution is -0.137. The first-order valence-electron chi connectivity index (χ1n) is 10.3. The Morgan fingerprint density at radius 2 is 1.86 bits per heavy atom. The fourth-order valence-corrected chi connectivity index (χ4v) is 4.21. The summed E-state index contributed by atoms with van der Waals surface area (Å²) in [6, 6.07) is 10.1. The molecule has 2 aliphatic heterocycles. The summed E-state index contributed by atoms with van der Waals surface area (Å²) in [5.74, 6) is 1.38. The minimum atomic E-state index is 0.0836. The van der Waals surface area contributed by atoms with Gasteiger partial charge in [0.15, 0.2) is 0 Å². The Kier molecular flexibility index (Phi) is 5.86. The SMILES string of the molecule is Cc1cccnc1CN1CCN(C(=O)[C@@H]2CCCN(c3ccccn3)C2)CC1. The first-order valence-corrected chi connectivity index (χ1v) is 10.3. The smallest absolute Gasteiger partial charge is 0.227 e. The van der Waals surface area contributed by atoms with E-state index in [-0.39, 0.29) is 5.92 Å². The number of amides is 1. The van der Waals surface area contributed by atoms with Gasteiger partial charge in [0.2, 0.25) is 5.91 Å². The summed E-state index contributed by atoms with van der Waals surface area (Å²) >= 11 is 0. The Morgan fingerprint density at radius 3 is 2.61 bits per heavy atom. The van der Waals surface area contributed by atoms with Crippen LogP contribution in [0.4, 0.5) is 5.82 Å². The summed E-state index contributed by atoms with van der Waals surface area (Å²) in [6.45, 7) is 8.19. The van der Waals surface area contributed by atoms with Gasteiger partial charge in [0.25, 0.3) is 0 Å². The number of aromatic nitrogens is 2. The average Bonchev–Trinajstić information content (AvgIpc) is 2.76. The van der Waals surface area contributed by atoms with Gasteiger partial charge in [-0.3, -0.25) is 14.7 Å². The number of nitrogens with zero attached hydrogens (tertiary/aromatic N) is 5. The summed E-state index contributed by atoms with van der Waals surface area (Å²) < 4.78 is 0. The quantitative estimate of drug-likeness (QED) is 0.816. The summed E-state index contributed by atoms with van der Waals surface area (Å²) in [7, 11) is 0. The van der Waals surface area contributed by atoms with Crippen LogP contribution in [-0.4, -0.2) is 64.9 Å². The molecular formula is C22H29N5O. The van der Waals surface area contributed by atoms with Gasteiger partial charge in [-0.05, 0) is 43.5 Å². The Morgan fingerprint density at radius 1 is 1.04 bits per heavy atom. The molecule has 0 saturated carbocycles. The normalized spacial score (nSPS) is 21.0. The molecule has 0 radical (unpaired) electrons. The van der Waals surface area contributed by atoms with E-state index in [1.54, 1.807) is 0 Å². The van der Waals surface area contributed by atoms with Crippen molar-refractivity contribution in [3.63, 3.8) is 0 Å². The molecule has 2 aliphatic rings. The van der Waals surface area contributed by atoms with Crippen molar-refractivity contribution in [2.75, 3.05) is 44.2 Å². The third kappa shape index (κ3) is 4.33. The average molecular weight is 380 g/mol. The maximum absolute atomic E-state index is 13.1. The number of hydrogen-bond acceptors (Lipinski definition) is 5. The first-order chi connectivity index (χ1) is 13.7. The van der Waals surface area contributed by atoms with Gasteiger partial charge in [-0.25, -0.2) is 4.98 Å². The number of rotatable bonds is 4. The van der Waals surface area contributed by atoms with Gasteiger partial charge in [0.05, 0.1) is 11.6 Å². The predicted octanol–water partition coefficient (Wildman–Crippen LogP) is 2.35. The van der Waals surface area contributed by atoms with Crippen LogP contribution in [0.3, 0.4) is 0 Å². The van der Waals surface area contributed by atoms with Gasteiger partial charge in [-0.15, -0.1) is 0 Å². The first kappa shape index (κ1) is 18.9. The number of piperidine rings is 1. The van der Waals surface area contributed by atoms with Crippen molar-refractivity contribution >= 4 is 11.7 Å². The van der Waals surface area contributed by atoms with E-state index in [0.717, 1.165) is 70.2 Å². The highest BCUT2D eigenvalue weighted by Crippen LogP contribution is 2.23. The van der Waals surface area contributed by atoms with E-state index in [2.05, 4.69) is 37.7 Å². The van der Waals surface area contributed by atoms with E-state index >= 15 is 0 Å². The van der Waals surface area contributed by atoms with Crippen molar-refractivity contribution in [1.29, 1.82) is 0 Å². The fourth-order valence-electron chi connectivity index (χ4n) is 4.21. The van der Waals surface area contributed by atoms with Gasteiger partial charge in [-0.1, -0.05) is 12.1 Å².